The summed E-state index contributed by atoms with van der Waals surface area (Å²) in [5.41, 5.74) is 7.17. The minimum atomic E-state index is -0.480. The van der Waals surface area contributed by atoms with Crippen molar-refractivity contribution < 1.29 is 9.53 Å². The van der Waals surface area contributed by atoms with Crippen molar-refractivity contribution in [1.82, 2.24) is 10.2 Å². The summed E-state index contributed by atoms with van der Waals surface area (Å²) in [5.74, 6) is 6.00. The molecular weight excluding hydrogens is 328 g/mol. The topological polar surface area (TPSA) is 70.8 Å². The summed E-state index contributed by atoms with van der Waals surface area (Å²) in [6, 6.07) is 8.31. The predicted molar refractivity (Wildman–Crippen MR) is 105 cm³/mol. The molecule has 0 aromatic heterocycles. The SMILES string of the molecule is CC(C)(C)OC(=O)NCc1ccc(N2CCN(CC#CCN)CC2)cc1. The number of amides is 1. The van der Waals surface area contributed by atoms with Crippen molar-refractivity contribution in [3.8, 4) is 11.8 Å². The Kier molecular flexibility index (Phi) is 7.31. The van der Waals surface area contributed by atoms with Crippen molar-refractivity contribution in [1.29, 1.82) is 0 Å². The number of anilines is 1. The maximum absolute atomic E-state index is 11.7. The second kappa shape index (κ2) is 9.46. The van der Waals surface area contributed by atoms with Crippen molar-refractivity contribution in [2.45, 2.75) is 32.9 Å². The van der Waals surface area contributed by atoms with Crippen LogP contribution in [-0.2, 0) is 11.3 Å². The molecule has 6 nitrogen and oxygen atoms in total. The molecule has 1 saturated heterocycles. The van der Waals surface area contributed by atoms with Gasteiger partial charge < -0.3 is 20.7 Å². The third-order valence-electron chi connectivity index (χ3n) is 4.04. The van der Waals surface area contributed by atoms with E-state index in [0.717, 1.165) is 38.3 Å². The van der Waals surface area contributed by atoms with E-state index < -0.39 is 11.7 Å². The number of nitrogens with zero attached hydrogens (tertiary/aromatic N) is 2. The molecule has 2 rings (SSSR count). The highest BCUT2D eigenvalue weighted by molar-refractivity contribution is 5.67. The van der Waals surface area contributed by atoms with Crippen LogP contribution in [0.1, 0.15) is 26.3 Å². The van der Waals surface area contributed by atoms with Gasteiger partial charge in [0.2, 0.25) is 0 Å². The lowest BCUT2D eigenvalue weighted by Crippen LogP contribution is -2.46. The maximum Gasteiger partial charge on any atom is 0.407 e. The first-order valence-electron chi connectivity index (χ1n) is 9.06. The average Bonchev–Trinajstić information content (AvgIpc) is 2.60. The second-order valence-corrected chi connectivity index (χ2v) is 7.34. The van der Waals surface area contributed by atoms with E-state index >= 15 is 0 Å². The van der Waals surface area contributed by atoms with Gasteiger partial charge in [0.1, 0.15) is 5.60 Å². The number of hydrogen-bond acceptors (Lipinski definition) is 5. The molecule has 1 aromatic rings. The van der Waals surface area contributed by atoms with Crippen LogP contribution in [0.5, 0.6) is 0 Å². The molecule has 1 aromatic carbocycles. The highest BCUT2D eigenvalue weighted by atomic mass is 16.6. The van der Waals surface area contributed by atoms with Crippen LogP contribution in [0.3, 0.4) is 0 Å². The molecule has 1 heterocycles. The molecule has 0 atom stereocenters. The third-order valence-corrected chi connectivity index (χ3v) is 4.04. The maximum atomic E-state index is 11.7. The summed E-state index contributed by atoms with van der Waals surface area (Å²) < 4.78 is 5.24. The Hall–Kier alpha value is -2.23. The van der Waals surface area contributed by atoms with Gasteiger partial charge in [0, 0.05) is 38.4 Å². The quantitative estimate of drug-likeness (QED) is 0.803. The minimum Gasteiger partial charge on any atom is -0.444 e. The summed E-state index contributed by atoms with van der Waals surface area (Å²) in [4.78, 5) is 16.4. The monoisotopic (exact) mass is 358 g/mol. The Morgan fingerprint density at radius 1 is 1.15 bits per heavy atom. The van der Waals surface area contributed by atoms with E-state index in [-0.39, 0.29) is 0 Å². The zero-order valence-electron chi connectivity index (χ0n) is 16.0. The number of carbonyl (C=O) groups is 1. The number of hydrogen-bond donors (Lipinski definition) is 2. The van der Waals surface area contributed by atoms with E-state index in [4.69, 9.17) is 10.5 Å². The number of nitrogens with two attached hydrogens (primary N) is 1. The molecule has 0 saturated carbocycles. The normalized spacial score (nSPS) is 15.2. The zero-order chi connectivity index (χ0) is 19.0. The molecule has 0 spiro atoms. The van der Waals surface area contributed by atoms with Gasteiger partial charge in [-0.05, 0) is 38.5 Å². The molecule has 6 heteroatoms. The Balaban J connectivity index is 1.78. The summed E-state index contributed by atoms with van der Waals surface area (Å²) in [6.45, 7) is 11.2. The fourth-order valence-electron chi connectivity index (χ4n) is 2.72. The number of alkyl carbamates (subject to hydrolysis) is 1. The Bertz CT molecular complexity index is 633. The van der Waals surface area contributed by atoms with Gasteiger partial charge in [-0.2, -0.15) is 0 Å². The third kappa shape index (κ3) is 6.95. The van der Waals surface area contributed by atoms with Crippen LogP contribution in [0, 0.1) is 11.8 Å². The van der Waals surface area contributed by atoms with Crippen molar-refractivity contribution in [3.63, 3.8) is 0 Å². The first kappa shape index (κ1) is 20.1. The van der Waals surface area contributed by atoms with Crippen LogP contribution < -0.4 is 16.0 Å². The van der Waals surface area contributed by atoms with Crippen LogP contribution in [0.2, 0.25) is 0 Å². The fourth-order valence-corrected chi connectivity index (χ4v) is 2.72. The molecule has 1 aliphatic rings. The zero-order valence-corrected chi connectivity index (χ0v) is 16.0. The minimum absolute atomic E-state index is 0.393. The van der Waals surface area contributed by atoms with E-state index in [2.05, 4.69) is 39.1 Å². The lowest BCUT2D eigenvalue weighted by molar-refractivity contribution is 0.0523. The van der Waals surface area contributed by atoms with Crippen LogP contribution >= 0.6 is 0 Å². The number of carbonyl (C=O) groups excluding carboxylic acids is 1. The van der Waals surface area contributed by atoms with E-state index in [1.165, 1.54) is 5.69 Å². The second-order valence-electron chi connectivity index (χ2n) is 7.34. The molecule has 142 valence electrons. The molecule has 3 N–H and O–H groups in total. The first-order chi connectivity index (χ1) is 12.4. The molecule has 0 aliphatic carbocycles. The van der Waals surface area contributed by atoms with Crippen LogP contribution in [-0.4, -0.2) is 55.9 Å². The summed E-state index contributed by atoms with van der Waals surface area (Å²) >= 11 is 0. The van der Waals surface area contributed by atoms with Crippen molar-refractivity contribution >= 4 is 11.8 Å². The first-order valence-corrected chi connectivity index (χ1v) is 9.06. The average molecular weight is 358 g/mol. The number of benzene rings is 1. The Morgan fingerprint density at radius 3 is 2.38 bits per heavy atom. The largest absolute Gasteiger partial charge is 0.444 e. The number of piperazine rings is 1. The van der Waals surface area contributed by atoms with E-state index in [1.807, 2.05) is 32.9 Å². The predicted octanol–water partition coefficient (Wildman–Crippen LogP) is 1.80. The van der Waals surface area contributed by atoms with E-state index in [1.54, 1.807) is 0 Å². The molecule has 1 aliphatic heterocycles. The van der Waals surface area contributed by atoms with Crippen LogP contribution in [0.25, 0.3) is 0 Å². The van der Waals surface area contributed by atoms with Gasteiger partial charge in [-0.25, -0.2) is 4.79 Å². The van der Waals surface area contributed by atoms with E-state index in [0.29, 0.717) is 13.1 Å². The molecule has 1 amide bonds. The van der Waals surface area contributed by atoms with Crippen molar-refractivity contribution in [3.05, 3.63) is 29.8 Å². The van der Waals surface area contributed by atoms with Gasteiger partial charge in [0.15, 0.2) is 0 Å². The van der Waals surface area contributed by atoms with Gasteiger partial charge >= 0.3 is 6.09 Å². The van der Waals surface area contributed by atoms with Crippen LogP contribution in [0.4, 0.5) is 10.5 Å². The molecule has 0 radical (unpaired) electrons. The molecule has 0 bridgehead atoms. The number of rotatable bonds is 4. The highest BCUT2D eigenvalue weighted by Crippen LogP contribution is 2.17. The number of nitrogens with one attached hydrogen (secondary N) is 1. The van der Waals surface area contributed by atoms with Crippen LogP contribution in [0.15, 0.2) is 24.3 Å². The smallest absolute Gasteiger partial charge is 0.407 e. The van der Waals surface area contributed by atoms with Gasteiger partial charge in [-0.1, -0.05) is 24.0 Å². The molecule has 26 heavy (non-hydrogen) atoms. The summed E-state index contributed by atoms with van der Waals surface area (Å²) in [6.07, 6.45) is -0.393. The molecular formula is C20H30N4O2. The van der Waals surface area contributed by atoms with Gasteiger partial charge in [-0.15, -0.1) is 0 Å². The van der Waals surface area contributed by atoms with Gasteiger partial charge in [0.05, 0.1) is 13.1 Å². The van der Waals surface area contributed by atoms with Crippen molar-refractivity contribution in [2.75, 3.05) is 44.2 Å². The molecule has 0 unspecified atom stereocenters. The number of ether oxygens (including phenoxy) is 1. The van der Waals surface area contributed by atoms with Crippen molar-refractivity contribution in [2.24, 2.45) is 5.73 Å². The Morgan fingerprint density at radius 2 is 1.81 bits per heavy atom. The lowest BCUT2D eigenvalue weighted by Gasteiger charge is -2.35. The summed E-state index contributed by atoms with van der Waals surface area (Å²) in [7, 11) is 0. The van der Waals surface area contributed by atoms with Gasteiger partial charge in [0.25, 0.3) is 0 Å². The lowest BCUT2D eigenvalue weighted by atomic mass is 10.1. The van der Waals surface area contributed by atoms with Gasteiger partial charge in [-0.3, -0.25) is 4.90 Å². The fraction of sp³-hybridized carbons (Fsp3) is 0.550. The highest BCUT2D eigenvalue weighted by Gasteiger charge is 2.17. The Labute approximate surface area is 156 Å². The molecule has 1 fully saturated rings. The van der Waals surface area contributed by atoms with E-state index in [9.17, 15) is 4.79 Å². The summed E-state index contributed by atoms with van der Waals surface area (Å²) in [5, 5.41) is 2.78. The standard InChI is InChI=1S/C20H30N4O2/c1-20(2,3)26-19(25)22-16-17-6-8-18(9-7-17)24-14-12-23(13-15-24)11-5-4-10-21/h6-9H,10-16,21H2,1-3H3,(H,22,25).